The van der Waals surface area contributed by atoms with Crippen LogP contribution in [0.3, 0.4) is 0 Å². The quantitative estimate of drug-likeness (QED) is 0.617. The van der Waals surface area contributed by atoms with Crippen molar-refractivity contribution in [3.8, 4) is 0 Å². The molecule has 4 rings (SSSR count). The molecule has 1 unspecified atom stereocenters. The maximum atomic E-state index is 12.5. The monoisotopic (exact) mass is 387 g/mol. The summed E-state index contributed by atoms with van der Waals surface area (Å²) in [6.07, 6.45) is 0. The molecule has 9 nitrogen and oxygen atoms in total. The van der Waals surface area contributed by atoms with Crippen LogP contribution in [-0.4, -0.2) is 69.4 Å². The van der Waals surface area contributed by atoms with Crippen molar-refractivity contribution < 1.29 is 9.53 Å². The van der Waals surface area contributed by atoms with Gasteiger partial charge in [0.15, 0.2) is 11.5 Å². The lowest BCUT2D eigenvalue weighted by atomic mass is 10.0. The number of esters is 1. The highest BCUT2D eigenvalue weighted by atomic mass is 35.5. The fourth-order valence-electron chi connectivity index (χ4n) is 3.30. The molecular formula is C17H18ClN7O2. The van der Waals surface area contributed by atoms with E-state index in [9.17, 15) is 4.79 Å². The number of methoxy groups -OCH3 is 1. The lowest BCUT2D eigenvalue weighted by molar-refractivity contribution is -0.147. The fourth-order valence-corrected chi connectivity index (χ4v) is 3.54. The molecule has 1 atom stereocenters. The van der Waals surface area contributed by atoms with E-state index in [0.29, 0.717) is 36.8 Å². The van der Waals surface area contributed by atoms with E-state index in [0.717, 1.165) is 11.4 Å². The van der Waals surface area contributed by atoms with E-state index in [2.05, 4.69) is 30.4 Å². The number of benzene rings is 1. The average molecular weight is 388 g/mol. The Labute approximate surface area is 160 Å². The smallest absolute Gasteiger partial charge is 0.327 e. The Hall–Kier alpha value is -2.78. The molecule has 1 fully saturated rings. The van der Waals surface area contributed by atoms with Gasteiger partial charge >= 0.3 is 5.97 Å². The number of nitrogens with zero attached hydrogens (tertiary/aromatic N) is 7. The number of halogens is 1. The molecule has 0 aliphatic carbocycles. The van der Waals surface area contributed by atoms with Gasteiger partial charge in [-0.25, -0.2) is 4.79 Å². The summed E-state index contributed by atoms with van der Waals surface area (Å²) >= 11 is 6.33. The Morgan fingerprint density at radius 2 is 1.93 bits per heavy atom. The van der Waals surface area contributed by atoms with Crippen LogP contribution in [0.2, 0.25) is 5.02 Å². The van der Waals surface area contributed by atoms with E-state index < -0.39 is 6.04 Å². The molecule has 10 heteroatoms. The molecule has 1 saturated heterocycles. The summed E-state index contributed by atoms with van der Waals surface area (Å²) in [4.78, 5) is 16.7. The minimum atomic E-state index is -0.527. The number of hydrogen-bond acceptors (Lipinski definition) is 8. The van der Waals surface area contributed by atoms with Crippen molar-refractivity contribution in [3.63, 3.8) is 0 Å². The minimum absolute atomic E-state index is 0.315. The van der Waals surface area contributed by atoms with Crippen molar-refractivity contribution in [3.05, 3.63) is 47.0 Å². The maximum Gasteiger partial charge on any atom is 0.327 e. The summed E-state index contributed by atoms with van der Waals surface area (Å²) < 4.78 is 6.44. The van der Waals surface area contributed by atoms with Crippen LogP contribution in [0.4, 0.5) is 5.82 Å². The highest BCUT2D eigenvalue weighted by Gasteiger charge is 2.32. The lowest BCUT2D eigenvalue weighted by Crippen LogP contribution is -2.49. The summed E-state index contributed by atoms with van der Waals surface area (Å²) in [5.74, 6) is 0.478. The van der Waals surface area contributed by atoms with Gasteiger partial charge in [-0.3, -0.25) is 4.90 Å². The van der Waals surface area contributed by atoms with Gasteiger partial charge in [0.25, 0.3) is 0 Å². The maximum absolute atomic E-state index is 12.5. The van der Waals surface area contributed by atoms with Gasteiger partial charge < -0.3 is 9.64 Å². The molecular weight excluding hydrogens is 370 g/mol. The summed E-state index contributed by atoms with van der Waals surface area (Å²) in [5.41, 5.74) is 1.36. The third-order valence-electron chi connectivity index (χ3n) is 4.68. The van der Waals surface area contributed by atoms with Crippen molar-refractivity contribution in [1.29, 1.82) is 0 Å². The number of carbonyl (C=O) groups excluding carboxylic acids is 1. The van der Waals surface area contributed by atoms with Crippen LogP contribution in [-0.2, 0) is 9.53 Å². The van der Waals surface area contributed by atoms with Crippen molar-refractivity contribution in [2.75, 3.05) is 38.2 Å². The third-order valence-corrected chi connectivity index (χ3v) is 5.03. The minimum Gasteiger partial charge on any atom is -0.468 e. The number of aromatic nitrogens is 5. The largest absolute Gasteiger partial charge is 0.468 e. The Morgan fingerprint density at radius 1 is 1.15 bits per heavy atom. The number of anilines is 1. The number of tetrazole rings is 1. The number of ether oxygens (including phenoxy) is 1. The zero-order valence-electron chi connectivity index (χ0n) is 14.7. The predicted octanol–water partition coefficient (Wildman–Crippen LogP) is 1.21. The molecule has 27 heavy (non-hydrogen) atoms. The number of rotatable bonds is 4. The second-order valence-electron chi connectivity index (χ2n) is 6.19. The Morgan fingerprint density at radius 3 is 2.67 bits per heavy atom. The molecule has 1 aromatic carbocycles. The van der Waals surface area contributed by atoms with Gasteiger partial charge in [-0.15, -0.1) is 14.8 Å². The van der Waals surface area contributed by atoms with Crippen LogP contribution in [0.15, 0.2) is 36.4 Å². The topological polar surface area (TPSA) is 88.8 Å². The highest BCUT2D eigenvalue weighted by Crippen LogP contribution is 2.30. The van der Waals surface area contributed by atoms with E-state index in [1.807, 2.05) is 30.3 Å². The van der Waals surface area contributed by atoms with Crippen LogP contribution in [0, 0.1) is 0 Å². The predicted molar refractivity (Wildman–Crippen MR) is 98.6 cm³/mol. The first-order chi connectivity index (χ1) is 13.2. The summed E-state index contributed by atoms with van der Waals surface area (Å²) in [6.45, 7) is 2.75. The Balaban J connectivity index is 1.52. The molecule has 2 aromatic heterocycles. The lowest BCUT2D eigenvalue weighted by Gasteiger charge is -2.38. The number of hydrogen-bond donors (Lipinski definition) is 0. The van der Waals surface area contributed by atoms with Crippen LogP contribution >= 0.6 is 11.6 Å². The van der Waals surface area contributed by atoms with E-state index in [4.69, 9.17) is 16.3 Å². The molecule has 1 aliphatic heterocycles. The van der Waals surface area contributed by atoms with E-state index >= 15 is 0 Å². The Kier molecular flexibility index (Phi) is 4.87. The summed E-state index contributed by atoms with van der Waals surface area (Å²) in [7, 11) is 1.40. The molecule has 0 radical (unpaired) electrons. The van der Waals surface area contributed by atoms with Gasteiger partial charge in [-0.2, -0.15) is 0 Å². The van der Waals surface area contributed by atoms with Crippen molar-refractivity contribution in [1.82, 2.24) is 30.2 Å². The second kappa shape index (κ2) is 7.45. The molecule has 0 spiro atoms. The molecule has 0 saturated carbocycles. The Bertz CT molecular complexity index is 955. The van der Waals surface area contributed by atoms with Crippen LogP contribution in [0.25, 0.3) is 5.65 Å². The van der Waals surface area contributed by atoms with Crippen LogP contribution in [0.5, 0.6) is 0 Å². The first kappa shape index (κ1) is 17.6. The zero-order valence-corrected chi connectivity index (χ0v) is 15.5. The second-order valence-corrected chi connectivity index (χ2v) is 6.60. The van der Waals surface area contributed by atoms with Gasteiger partial charge in [-0.1, -0.05) is 29.8 Å². The van der Waals surface area contributed by atoms with E-state index in [1.165, 1.54) is 11.7 Å². The van der Waals surface area contributed by atoms with E-state index in [1.54, 1.807) is 6.07 Å². The van der Waals surface area contributed by atoms with Gasteiger partial charge in [0, 0.05) is 31.2 Å². The summed E-state index contributed by atoms with van der Waals surface area (Å²) in [5, 5.41) is 16.3. The number of carbonyl (C=O) groups is 1. The van der Waals surface area contributed by atoms with E-state index in [-0.39, 0.29) is 5.97 Å². The molecule has 0 bridgehead atoms. The third kappa shape index (κ3) is 3.43. The molecule has 3 heterocycles. The van der Waals surface area contributed by atoms with Gasteiger partial charge in [0.05, 0.1) is 7.11 Å². The summed E-state index contributed by atoms with van der Waals surface area (Å²) in [6, 6.07) is 10.6. The molecule has 0 N–H and O–H groups in total. The molecule has 140 valence electrons. The molecule has 1 aliphatic rings. The van der Waals surface area contributed by atoms with Crippen molar-refractivity contribution in [2.24, 2.45) is 0 Å². The SMILES string of the molecule is COC(=O)C(c1ccccc1Cl)N1CCN(c2ccc3nnnn3n2)CC1. The van der Waals surface area contributed by atoms with Gasteiger partial charge in [0.1, 0.15) is 6.04 Å². The number of piperazine rings is 1. The van der Waals surface area contributed by atoms with Crippen molar-refractivity contribution >= 4 is 29.0 Å². The van der Waals surface area contributed by atoms with Gasteiger partial charge in [0.2, 0.25) is 0 Å². The first-order valence-electron chi connectivity index (χ1n) is 8.54. The molecule has 0 amide bonds. The first-order valence-corrected chi connectivity index (χ1v) is 8.92. The highest BCUT2D eigenvalue weighted by molar-refractivity contribution is 6.31. The number of fused-ring (bicyclic) bond motifs is 1. The average Bonchev–Trinajstić information content (AvgIpc) is 3.18. The van der Waals surface area contributed by atoms with Gasteiger partial charge in [-0.05, 0) is 34.2 Å². The van der Waals surface area contributed by atoms with Crippen molar-refractivity contribution in [2.45, 2.75) is 6.04 Å². The van der Waals surface area contributed by atoms with Crippen LogP contribution < -0.4 is 4.90 Å². The fraction of sp³-hybridized carbons (Fsp3) is 0.353. The van der Waals surface area contributed by atoms with Crippen LogP contribution in [0.1, 0.15) is 11.6 Å². The molecule has 3 aromatic rings. The standard InChI is InChI=1S/C17H18ClN7O2/c1-27-17(26)16(12-4-2-3-5-13(12)18)24-10-8-23(9-11-24)15-7-6-14-19-21-22-25(14)20-15/h2-7,16H,8-11H2,1H3. The normalized spacial score (nSPS) is 16.4. The zero-order chi connectivity index (χ0) is 18.8.